The molecule has 3 heterocycles. The van der Waals surface area contributed by atoms with E-state index in [2.05, 4.69) is 0 Å². The third-order valence-electron chi connectivity index (χ3n) is 6.30. The number of fused-ring (bicyclic) bond motifs is 1. The van der Waals surface area contributed by atoms with Gasteiger partial charge >= 0.3 is 5.97 Å². The molecule has 0 aromatic heterocycles. The van der Waals surface area contributed by atoms with Gasteiger partial charge in [-0.25, -0.2) is 0 Å². The van der Waals surface area contributed by atoms with Crippen molar-refractivity contribution in [2.75, 3.05) is 6.54 Å². The molecule has 0 N–H and O–H groups in total. The van der Waals surface area contributed by atoms with Gasteiger partial charge < -0.3 is 14.4 Å². The molecule has 2 bridgehead atoms. The second-order valence-corrected chi connectivity index (χ2v) is 8.58. The van der Waals surface area contributed by atoms with Gasteiger partial charge in [-0.2, -0.15) is 0 Å². The Morgan fingerprint density at radius 3 is 2.23 bits per heavy atom. The predicted molar refractivity (Wildman–Crippen MR) is 111 cm³/mol. The number of nitrogens with zero attached hydrogens (tertiary/aromatic N) is 1. The van der Waals surface area contributed by atoms with Crippen molar-refractivity contribution in [3.63, 3.8) is 0 Å². The van der Waals surface area contributed by atoms with Crippen LogP contribution in [0.25, 0.3) is 0 Å². The highest BCUT2D eigenvalue weighted by molar-refractivity contribution is 5.91. The van der Waals surface area contributed by atoms with E-state index in [-0.39, 0.29) is 30.1 Å². The Balaban J connectivity index is 1.54. The standard InChI is InChI=1S/C25H25NO4/c1-16(2)29-24(28)20-19-13-14-25(30-19)15-26(23(27)21(20)25)22(17-9-5-3-6-10-17)18-11-7-4-8-12-18/h3-14,16,19-22H,15H2,1-2H3/t19-,20+,21+,25-/m1/s1. The largest absolute Gasteiger partial charge is 0.463 e. The minimum Gasteiger partial charge on any atom is -0.463 e. The molecule has 2 saturated heterocycles. The fourth-order valence-corrected chi connectivity index (χ4v) is 5.15. The first-order valence-corrected chi connectivity index (χ1v) is 10.5. The molecule has 1 amide bonds. The normalized spacial score (nSPS) is 29.1. The van der Waals surface area contributed by atoms with Gasteiger partial charge in [-0.3, -0.25) is 9.59 Å². The Labute approximate surface area is 176 Å². The number of carbonyl (C=O) groups is 2. The van der Waals surface area contributed by atoms with E-state index < -0.39 is 17.4 Å². The number of esters is 1. The second kappa shape index (κ2) is 7.10. The summed E-state index contributed by atoms with van der Waals surface area (Å²) in [5.41, 5.74) is 1.31. The summed E-state index contributed by atoms with van der Waals surface area (Å²) in [5, 5.41) is 0. The summed E-state index contributed by atoms with van der Waals surface area (Å²) in [5.74, 6) is -1.54. The fourth-order valence-electron chi connectivity index (χ4n) is 5.15. The van der Waals surface area contributed by atoms with Crippen LogP contribution in [-0.4, -0.2) is 41.1 Å². The molecule has 2 fully saturated rings. The number of likely N-dealkylation sites (tertiary alicyclic amines) is 1. The van der Waals surface area contributed by atoms with Crippen LogP contribution in [0, 0.1) is 11.8 Å². The van der Waals surface area contributed by atoms with E-state index >= 15 is 0 Å². The monoisotopic (exact) mass is 403 g/mol. The Morgan fingerprint density at radius 2 is 1.67 bits per heavy atom. The lowest BCUT2D eigenvalue weighted by atomic mass is 9.77. The summed E-state index contributed by atoms with van der Waals surface area (Å²) in [6, 6.07) is 19.8. The van der Waals surface area contributed by atoms with Crippen molar-refractivity contribution < 1.29 is 19.1 Å². The first-order valence-electron chi connectivity index (χ1n) is 10.5. The Bertz CT molecular complexity index is 947. The molecule has 154 valence electrons. The van der Waals surface area contributed by atoms with Crippen LogP contribution < -0.4 is 0 Å². The zero-order chi connectivity index (χ0) is 20.9. The second-order valence-electron chi connectivity index (χ2n) is 8.58. The maximum absolute atomic E-state index is 13.8. The topological polar surface area (TPSA) is 55.8 Å². The number of amides is 1. The molecule has 0 unspecified atom stereocenters. The highest BCUT2D eigenvalue weighted by atomic mass is 16.6. The number of benzene rings is 2. The number of hydrogen-bond acceptors (Lipinski definition) is 4. The van der Waals surface area contributed by atoms with Gasteiger partial charge in [0.05, 0.1) is 30.7 Å². The number of hydrogen-bond donors (Lipinski definition) is 0. The third kappa shape index (κ3) is 2.88. The molecule has 0 aliphatic carbocycles. The van der Waals surface area contributed by atoms with Gasteiger partial charge in [-0.15, -0.1) is 0 Å². The van der Waals surface area contributed by atoms with Crippen molar-refractivity contribution in [1.82, 2.24) is 4.90 Å². The molecular formula is C25H25NO4. The highest BCUT2D eigenvalue weighted by Gasteiger charge is 2.68. The van der Waals surface area contributed by atoms with Crippen molar-refractivity contribution in [3.05, 3.63) is 83.9 Å². The van der Waals surface area contributed by atoms with Crippen LogP contribution in [0.3, 0.4) is 0 Å². The van der Waals surface area contributed by atoms with Gasteiger partial charge in [0.25, 0.3) is 0 Å². The van der Waals surface area contributed by atoms with Crippen LogP contribution >= 0.6 is 0 Å². The molecule has 2 aromatic carbocycles. The molecule has 5 nitrogen and oxygen atoms in total. The lowest BCUT2D eigenvalue weighted by molar-refractivity contribution is -0.157. The van der Waals surface area contributed by atoms with Crippen LogP contribution in [0.1, 0.15) is 31.0 Å². The Kier molecular flexibility index (Phi) is 4.51. The molecule has 4 atom stereocenters. The molecule has 0 radical (unpaired) electrons. The van der Waals surface area contributed by atoms with Gasteiger partial charge in [0.2, 0.25) is 5.91 Å². The maximum atomic E-state index is 13.8. The minimum atomic E-state index is -0.760. The molecule has 2 aromatic rings. The SMILES string of the molecule is CC(C)OC(=O)[C@@H]1[C@H]2C(=O)N(C(c3ccccc3)c3ccccc3)C[C@]23C=C[C@H]1O3. The summed E-state index contributed by atoms with van der Waals surface area (Å²) >= 11 is 0. The minimum absolute atomic E-state index is 0.0507. The van der Waals surface area contributed by atoms with E-state index in [1.165, 1.54) is 0 Å². The lowest BCUT2D eigenvalue weighted by Crippen LogP contribution is -2.40. The Hall–Kier alpha value is -2.92. The van der Waals surface area contributed by atoms with Gasteiger partial charge in [-0.1, -0.05) is 72.8 Å². The van der Waals surface area contributed by atoms with E-state index in [1.807, 2.05) is 91.6 Å². The molecule has 5 rings (SSSR count). The van der Waals surface area contributed by atoms with Crippen molar-refractivity contribution in [2.45, 2.75) is 37.7 Å². The van der Waals surface area contributed by atoms with Crippen molar-refractivity contribution >= 4 is 11.9 Å². The van der Waals surface area contributed by atoms with E-state index in [0.717, 1.165) is 11.1 Å². The fraction of sp³-hybridized carbons (Fsp3) is 0.360. The molecule has 5 heteroatoms. The average molecular weight is 403 g/mol. The summed E-state index contributed by atoms with van der Waals surface area (Å²) < 4.78 is 11.7. The highest BCUT2D eigenvalue weighted by Crippen LogP contribution is 2.54. The van der Waals surface area contributed by atoms with E-state index in [9.17, 15) is 9.59 Å². The van der Waals surface area contributed by atoms with Gasteiger partial charge in [0.15, 0.2) is 0 Å². The summed E-state index contributed by atoms with van der Waals surface area (Å²) in [6.45, 7) is 4.06. The number of ether oxygens (including phenoxy) is 2. The van der Waals surface area contributed by atoms with E-state index in [1.54, 1.807) is 0 Å². The van der Waals surface area contributed by atoms with Crippen LogP contribution in [-0.2, 0) is 19.1 Å². The van der Waals surface area contributed by atoms with E-state index in [4.69, 9.17) is 9.47 Å². The molecule has 0 saturated carbocycles. The third-order valence-corrected chi connectivity index (χ3v) is 6.30. The first-order chi connectivity index (χ1) is 14.5. The number of carbonyl (C=O) groups excluding carboxylic acids is 2. The molecule has 3 aliphatic heterocycles. The quantitative estimate of drug-likeness (QED) is 0.566. The maximum Gasteiger partial charge on any atom is 0.313 e. The van der Waals surface area contributed by atoms with Gasteiger partial charge in [0.1, 0.15) is 11.5 Å². The number of rotatable bonds is 5. The van der Waals surface area contributed by atoms with Crippen LogP contribution in [0.5, 0.6) is 0 Å². The smallest absolute Gasteiger partial charge is 0.313 e. The molecule has 30 heavy (non-hydrogen) atoms. The summed E-state index contributed by atoms with van der Waals surface area (Å²) in [6.07, 6.45) is 3.27. The van der Waals surface area contributed by atoms with Crippen molar-refractivity contribution in [3.8, 4) is 0 Å². The Morgan fingerprint density at radius 1 is 1.07 bits per heavy atom. The van der Waals surface area contributed by atoms with Crippen LogP contribution in [0.4, 0.5) is 0 Å². The van der Waals surface area contributed by atoms with Crippen LogP contribution in [0.15, 0.2) is 72.8 Å². The predicted octanol–water partition coefficient (Wildman–Crippen LogP) is 3.51. The van der Waals surface area contributed by atoms with E-state index in [0.29, 0.717) is 6.54 Å². The summed E-state index contributed by atoms with van der Waals surface area (Å²) in [7, 11) is 0. The lowest BCUT2D eigenvalue weighted by Gasteiger charge is -2.31. The van der Waals surface area contributed by atoms with Crippen LogP contribution in [0.2, 0.25) is 0 Å². The molecule has 1 spiro atoms. The average Bonchev–Trinajstić information content (AvgIpc) is 3.38. The van der Waals surface area contributed by atoms with Gasteiger partial charge in [0, 0.05) is 0 Å². The molecular weight excluding hydrogens is 378 g/mol. The zero-order valence-electron chi connectivity index (χ0n) is 17.1. The summed E-state index contributed by atoms with van der Waals surface area (Å²) in [4.78, 5) is 28.5. The zero-order valence-corrected chi connectivity index (χ0v) is 17.1. The van der Waals surface area contributed by atoms with Gasteiger partial charge in [-0.05, 0) is 25.0 Å². The molecule has 3 aliphatic rings. The van der Waals surface area contributed by atoms with Crippen molar-refractivity contribution in [2.24, 2.45) is 11.8 Å². The van der Waals surface area contributed by atoms with Crippen molar-refractivity contribution in [1.29, 1.82) is 0 Å². The first kappa shape index (κ1) is 19.1.